The zero-order valence-electron chi connectivity index (χ0n) is 12.3. The Balaban J connectivity index is 2.46. The number of hydrogen-bond donors (Lipinski definition) is 1. The lowest BCUT2D eigenvalue weighted by Gasteiger charge is -2.12. The first-order chi connectivity index (χ1) is 10.0. The molecule has 21 heavy (non-hydrogen) atoms. The molecule has 0 saturated carbocycles. The number of benzene rings is 2. The topological polar surface area (TPSA) is 37.3 Å². The molecule has 4 heteroatoms. The van der Waals surface area contributed by atoms with E-state index in [1.807, 2.05) is 39.0 Å². The molecule has 2 aromatic carbocycles. The van der Waals surface area contributed by atoms with Gasteiger partial charge in [-0.25, -0.2) is 4.79 Å². The van der Waals surface area contributed by atoms with Gasteiger partial charge in [0, 0.05) is 14.7 Å². The molecule has 0 unspecified atom stereocenters. The first-order valence-electron chi connectivity index (χ1n) is 6.77. The molecule has 0 bridgehead atoms. The fraction of sp³-hybridized carbons (Fsp3) is 0.235. The Morgan fingerprint density at radius 2 is 1.81 bits per heavy atom. The van der Waals surface area contributed by atoms with Crippen LogP contribution >= 0.6 is 23.5 Å². The maximum Gasteiger partial charge on any atom is 0.337 e. The van der Waals surface area contributed by atoms with Gasteiger partial charge in [-0.05, 0) is 48.9 Å². The van der Waals surface area contributed by atoms with Gasteiger partial charge in [-0.3, -0.25) is 0 Å². The number of carbonyl (C=O) groups is 1. The van der Waals surface area contributed by atoms with Gasteiger partial charge < -0.3 is 5.11 Å². The molecule has 0 saturated heterocycles. The van der Waals surface area contributed by atoms with Gasteiger partial charge in [0.15, 0.2) is 0 Å². The fourth-order valence-corrected chi connectivity index (χ4v) is 4.07. The second kappa shape index (κ2) is 7.05. The molecule has 0 aromatic heterocycles. The molecule has 2 aromatic rings. The summed E-state index contributed by atoms with van der Waals surface area (Å²) in [6.07, 6.45) is 0. The Morgan fingerprint density at radius 3 is 2.48 bits per heavy atom. The number of aromatic carboxylic acids is 1. The molecular formula is C17H18O2S2. The summed E-state index contributed by atoms with van der Waals surface area (Å²) < 4.78 is 0. The third-order valence-electron chi connectivity index (χ3n) is 3.07. The number of aryl methyl sites for hydroxylation is 2. The highest BCUT2D eigenvalue weighted by Crippen LogP contribution is 2.37. The smallest absolute Gasteiger partial charge is 0.337 e. The van der Waals surface area contributed by atoms with Crippen molar-refractivity contribution < 1.29 is 9.90 Å². The highest BCUT2D eigenvalue weighted by molar-refractivity contribution is 8.00. The summed E-state index contributed by atoms with van der Waals surface area (Å²) in [5, 5.41) is 9.55. The van der Waals surface area contributed by atoms with Crippen molar-refractivity contribution in [1.82, 2.24) is 0 Å². The van der Waals surface area contributed by atoms with Crippen molar-refractivity contribution in [3.63, 3.8) is 0 Å². The van der Waals surface area contributed by atoms with E-state index in [-0.39, 0.29) is 0 Å². The molecule has 0 heterocycles. The maximum absolute atomic E-state index is 11.6. The zero-order valence-corrected chi connectivity index (χ0v) is 14.0. The van der Waals surface area contributed by atoms with Crippen LogP contribution in [0, 0.1) is 13.8 Å². The summed E-state index contributed by atoms with van der Waals surface area (Å²) in [5.41, 5.74) is 2.75. The average Bonchev–Trinajstić information content (AvgIpc) is 2.43. The fourth-order valence-electron chi connectivity index (χ4n) is 2.02. The van der Waals surface area contributed by atoms with E-state index in [1.54, 1.807) is 11.8 Å². The van der Waals surface area contributed by atoms with Crippen LogP contribution in [0.1, 0.15) is 28.4 Å². The Labute approximate surface area is 134 Å². The Kier molecular flexibility index (Phi) is 5.37. The summed E-state index contributed by atoms with van der Waals surface area (Å²) in [6.45, 7) is 6.12. The first kappa shape index (κ1) is 16.0. The van der Waals surface area contributed by atoms with E-state index in [0.717, 1.165) is 26.0 Å². The predicted molar refractivity (Wildman–Crippen MR) is 89.8 cm³/mol. The van der Waals surface area contributed by atoms with Gasteiger partial charge >= 0.3 is 5.97 Å². The molecule has 0 spiro atoms. The Bertz CT molecular complexity index is 666. The first-order valence-corrected chi connectivity index (χ1v) is 8.57. The molecule has 0 aliphatic heterocycles. The molecule has 0 aliphatic rings. The third kappa shape index (κ3) is 3.83. The van der Waals surface area contributed by atoms with Crippen LogP contribution in [0.4, 0.5) is 0 Å². The lowest BCUT2D eigenvalue weighted by molar-refractivity contribution is 0.0689. The Morgan fingerprint density at radius 1 is 1.10 bits per heavy atom. The largest absolute Gasteiger partial charge is 0.478 e. The van der Waals surface area contributed by atoms with Gasteiger partial charge in [0.05, 0.1) is 5.56 Å². The van der Waals surface area contributed by atoms with Crippen LogP contribution in [-0.4, -0.2) is 16.8 Å². The van der Waals surface area contributed by atoms with Gasteiger partial charge in [0.25, 0.3) is 0 Å². The minimum atomic E-state index is -0.862. The summed E-state index contributed by atoms with van der Waals surface area (Å²) >= 11 is 3.10. The van der Waals surface area contributed by atoms with Gasteiger partial charge in [0.1, 0.15) is 0 Å². The molecule has 0 radical (unpaired) electrons. The number of carboxylic acid groups (broad SMARTS) is 1. The monoisotopic (exact) mass is 318 g/mol. The summed E-state index contributed by atoms with van der Waals surface area (Å²) in [5.74, 6) is -0.00271. The zero-order chi connectivity index (χ0) is 15.4. The van der Waals surface area contributed by atoms with Crippen molar-refractivity contribution in [2.24, 2.45) is 0 Å². The average molecular weight is 318 g/mol. The third-order valence-corrected chi connectivity index (χ3v) is 5.23. The van der Waals surface area contributed by atoms with Crippen molar-refractivity contribution in [3.05, 3.63) is 53.1 Å². The van der Waals surface area contributed by atoms with E-state index in [4.69, 9.17) is 0 Å². The molecular weight excluding hydrogens is 300 g/mol. The second-order valence-electron chi connectivity index (χ2n) is 4.74. The number of thioether (sulfide) groups is 1. The SMILES string of the molecule is CCSc1cccc(Sc2cc(C)ccc2C)c1C(=O)O. The van der Waals surface area contributed by atoms with Crippen LogP contribution in [0.25, 0.3) is 0 Å². The van der Waals surface area contributed by atoms with Crippen molar-refractivity contribution in [1.29, 1.82) is 0 Å². The van der Waals surface area contributed by atoms with Crippen LogP contribution in [-0.2, 0) is 0 Å². The van der Waals surface area contributed by atoms with Crippen LogP contribution in [0.15, 0.2) is 51.1 Å². The van der Waals surface area contributed by atoms with E-state index < -0.39 is 5.97 Å². The lowest BCUT2D eigenvalue weighted by atomic mass is 10.2. The van der Waals surface area contributed by atoms with Gasteiger partial charge in [-0.2, -0.15) is 0 Å². The van der Waals surface area contributed by atoms with E-state index in [2.05, 4.69) is 18.2 Å². The molecule has 2 nitrogen and oxygen atoms in total. The standard InChI is InChI=1S/C17H18O2S2/c1-4-20-13-6-5-7-14(16(13)17(18)19)21-15-10-11(2)8-9-12(15)3/h5-10H,4H2,1-3H3,(H,18,19). The van der Waals surface area contributed by atoms with Crippen molar-refractivity contribution in [2.75, 3.05) is 5.75 Å². The molecule has 0 amide bonds. The summed E-state index contributed by atoms with van der Waals surface area (Å²) in [4.78, 5) is 14.4. The normalized spacial score (nSPS) is 10.6. The summed E-state index contributed by atoms with van der Waals surface area (Å²) in [7, 11) is 0. The lowest BCUT2D eigenvalue weighted by Crippen LogP contribution is -2.01. The predicted octanol–water partition coefficient (Wildman–Crippen LogP) is 5.26. The van der Waals surface area contributed by atoms with Crippen molar-refractivity contribution >= 4 is 29.5 Å². The second-order valence-corrected chi connectivity index (χ2v) is 7.13. The minimum absolute atomic E-state index is 0.412. The van der Waals surface area contributed by atoms with E-state index in [1.165, 1.54) is 17.3 Å². The van der Waals surface area contributed by atoms with E-state index in [9.17, 15) is 9.90 Å². The quantitative estimate of drug-likeness (QED) is 0.763. The van der Waals surface area contributed by atoms with Crippen LogP contribution in [0.3, 0.4) is 0 Å². The highest BCUT2D eigenvalue weighted by atomic mass is 32.2. The van der Waals surface area contributed by atoms with Crippen molar-refractivity contribution in [3.8, 4) is 0 Å². The highest BCUT2D eigenvalue weighted by Gasteiger charge is 2.17. The molecule has 0 fully saturated rings. The molecule has 2 rings (SSSR count). The molecule has 1 N–H and O–H groups in total. The van der Waals surface area contributed by atoms with E-state index in [0.29, 0.717) is 5.56 Å². The van der Waals surface area contributed by atoms with Gasteiger partial charge in [-0.15, -0.1) is 11.8 Å². The maximum atomic E-state index is 11.6. The molecule has 110 valence electrons. The number of hydrogen-bond acceptors (Lipinski definition) is 3. The Hall–Kier alpha value is -1.39. The number of rotatable bonds is 5. The van der Waals surface area contributed by atoms with E-state index >= 15 is 0 Å². The number of carboxylic acids is 1. The minimum Gasteiger partial charge on any atom is -0.478 e. The summed E-state index contributed by atoms with van der Waals surface area (Å²) in [6, 6.07) is 11.9. The van der Waals surface area contributed by atoms with Gasteiger partial charge in [-0.1, -0.05) is 36.9 Å². The van der Waals surface area contributed by atoms with Crippen LogP contribution in [0.2, 0.25) is 0 Å². The van der Waals surface area contributed by atoms with Crippen LogP contribution in [0.5, 0.6) is 0 Å². The van der Waals surface area contributed by atoms with Crippen molar-refractivity contribution in [2.45, 2.75) is 35.5 Å². The molecule has 0 atom stereocenters. The van der Waals surface area contributed by atoms with Gasteiger partial charge in [0.2, 0.25) is 0 Å². The van der Waals surface area contributed by atoms with Crippen LogP contribution < -0.4 is 0 Å². The molecule has 0 aliphatic carbocycles.